The van der Waals surface area contributed by atoms with Crippen LogP contribution < -0.4 is 5.32 Å². The minimum absolute atomic E-state index is 0.0423. The maximum Gasteiger partial charge on any atom is 0.258 e. The lowest BCUT2D eigenvalue weighted by atomic mass is 9.93. The Morgan fingerprint density at radius 2 is 2.22 bits per heavy atom. The van der Waals surface area contributed by atoms with E-state index in [0.29, 0.717) is 23.4 Å². The number of aliphatic imine (C=N–C) groups is 2. The number of hydrogen-bond donors (Lipinski definition) is 1. The molecule has 2 amide bonds. The number of halogens is 2. The number of benzene rings is 1. The summed E-state index contributed by atoms with van der Waals surface area (Å²) < 4.78 is 13.2. The van der Waals surface area contributed by atoms with Crippen molar-refractivity contribution in [1.29, 1.82) is 0 Å². The molecule has 0 aromatic heterocycles. The first-order chi connectivity index (χ1) is 12.8. The van der Waals surface area contributed by atoms with E-state index in [0.717, 1.165) is 30.4 Å². The number of amidine groups is 1. The van der Waals surface area contributed by atoms with Gasteiger partial charge in [-0.1, -0.05) is 23.4 Å². The number of fused-ring (bicyclic) bond motifs is 1. The van der Waals surface area contributed by atoms with E-state index in [2.05, 4.69) is 34.0 Å². The lowest BCUT2D eigenvalue weighted by Gasteiger charge is -2.36. The zero-order valence-corrected chi connectivity index (χ0v) is 16.6. The molecule has 1 fully saturated rings. The molecule has 0 radical (unpaired) electrons. The summed E-state index contributed by atoms with van der Waals surface area (Å²) in [7, 11) is 0. The van der Waals surface area contributed by atoms with Crippen molar-refractivity contribution < 1.29 is 14.0 Å². The molecule has 1 saturated heterocycles. The van der Waals surface area contributed by atoms with Crippen LogP contribution in [0.2, 0.25) is 5.02 Å². The van der Waals surface area contributed by atoms with Crippen molar-refractivity contribution in [3.05, 3.63) is 29.0 Å². The van der Waals surface area contributed by atoms with Crippen molar-refractivity contribution >= 4 is 51.7 Å². The van der Waals surface area contributed by atoms with Gasteiger partial charge in [0.25, 0.3) is 5.91 Å². The molecule has 0 aliphatic carbocycles. The largest absolute Gasteiger partial charge is 0.325 e. The molecule has 1 atom stereocenters. The lowest BCUT2D eigenvalue weighted by molar-refractivity contribution is -0.120. The summed E-state index contributed by atoms with van der Waals surface area (Å²) in [5, 5.41) is 2.88. The van der Waals surface area contributed by atoms with Gasteiger partial charge in [0, 0.05) is 30.5 Å². The Hall–Kier alpha value is -1.77. The van der Waals surface area contributed by atoms with Crippen LogP contribution >= 0.6 is 23.4 Å². The fourth-order valence-electron chi connectivity index (χ4n) is 2.97. The third-order valence-corrected chi connectivity index (χ3v) is 5.62. The molecule has 27 heavy (non-hydrogen) atoms. The van der Waals surface area contributed by atoms with Crippen LogP contribution in [0.4, 0.5) is 10.1 Å². The number of carbonyl (C=O) groups is 2. The molecule has 0 bridgehead atoms. The third kappa shape index (κ3) is 4.94. The van der Waals surface area contributed by atoms with E-state index in [1.807, 2.05) is 0 Å². The van der Waals surface area contributed by atoms with Crippen LogP contribution in [0.25, 0.3) is 0 Å². The van der Waals surface area contributed by atoms with Gasteiger partial charge < -0.3 is 5.32 Å². The monoisotopic (exact) mass is 410 g/mol. The number of carbonyl (C=O) groups excluding carboxylic acids is 2. The second kappa shape index (κ2) is 8.50. The SMILES string of the molecule is CC(C)N1CCC2=NC(SCC(=O)Nc3ccc(F)c(Cl)c3)=NC(=O)C2C1. The van der Waals surface area contributed by atoms with Crippen LogP contribution in [0.1, 0.15) is 20.3 Å². The Labute approximate surface area is 166 Å². The number of rotatable bonds is 4. The Balaban J connectivity index is 1.56. The summed E-state index contributed by atoms with van der Waals surface area (Å²) in [5.41, 5.74) is 1.25. The fourth-order valence-corrected chi connectivity index (χ4v) is 3.82. The predicted octanol–water partition coefficient (Wildman–Crippen LogP) is 3.22. The van der Waals surface area contributed by atoms with Crippen molar-refractivity contribution in [3.63, 3.8) is 0 Å². The molecule has 2 aliphatic rings. The topological polar surface area (TPSA) is 74.1 Å². The first kappa shape index (κ1) is 20.0. The van der Waals surface area contributed by atoms with Crippen LogP contribution in [0.3, 0.4) is 0 Å². The van der Waals surface area contributed by atoms with E-state index < -0.39 is 5.82 Å². The number of anilines is 1. The van der Waals surface area contributed by atoms with Crippen molar-refractivity contribution in [2.75, 3.05) is 24.2 Å². The summed E-state index contributed by atoms with van der Waals surface area (Å²) in [6.45, 7) is 5.71. The summed E-state index contributed by atoms with van der Waals surface area (Å²) in [5.74, 6) is -1.29. The fraction of sp³-hybridized carbons (Fsp3) is 0.444. The Morgan fingerprint density at radius 1 is 1.44 bits per heavy atom. The number of nitrogens with zero attached hydrogens (tertiary/aromatic N) is 3. The van der Waals surface area contributed by atoms with Gasteiger partial charge in [-0.2, -0.15) is 4.99 Å². The maximum absolute atomic E-state index is 13.2. The molecule has 1 aromatic rings. The van der Waals surface area contributed by atoms with E-state index in [1.54, 1.807) is 0 Å². The van der Waals surface area contributed by atoms with E-state index in [1.165, 1.54) is 18.2 Å². The molecular weight excluding hydrogens is 391 g/mol. The third-order valence-electron chi connectivity index (χ3n) is 4.48. The highest BCUT2D eigenvalue weighted by atomic mass is 35.5. The standard InChI is InChI=1S/C18H20ClFN4O2S/c1-10(2)24-6-5-15-12(8-24)17(26)23-18(22-15)27-9-16(25)21-11-3-4-14(20)13(19)7-11/h3-4,7,10,12H,5-6,8-9H2,1-2H3,(H,21,25). The lowest BCUT2D eigenvalue weighted by Crippen LogP contribution is -2.48. The number of amides is 2. The Bertz CT molecular complexity index is 828. The zero-order chi connectivity index (χ0) is 19.6. The summed E-state index contributed by atoms with van der Waals surface area (Å²) in [6, 6.07) is 4.33. The number of piperidine rings is 1. The van der Waals surface area contributed by atoms with E-state index in [9.17, 15) is 14.0 Å². The molecule has 1 unspecified atom stereocenters. The molecule has 2 aliphatic heterocycles. The minimum atomic E-state index is -0.548. The molecule has 0 saturated carbocycles. The molecule has 2 heterocycles. The average Bonchev–Trinajstić information content (AvgIpc) is 2.63. The van der Waals surface area contributed by atoms with Gasteiger partial charge in [0.05, 0.1) is 16.7 Å². The van der Waals surface area contributed by atoms with E-state index >= 15 is 0 Å². The number of nitrogens with one attached hydrogen (secondary N) is 1. The maximum atomic E-state index is 13.2. The second-order valence-corrected chi connectivity index (χ2v) is 8.04. The molecule has 6 nitrogen and oxygen atoms in total. The van der Waals surface area contributed by atoms with Crippen molar-refractivity contribution in [3.8, 4) is 0 Å². The van der Waals surface area contributed by atoms with Gasteiger partial charge in [-0.3, -0.25) is 14.5 Å². The average molecular weight is 411 g/mol. The summed E-state index contributed by atoms with van der Waals surface area (Å²) >= 11 is 6.81. The van der Waals surface area contributed by atoms with Crippen LogP contribution in [0.15, 0.2) is 28.2 Å². The summed E-state index contributed by atoms with van der Waals surface area (Å²) in [4.78, 5) is 35.2. The predicted molar refractivity (Wildman–Crippen MR) is 107 cm³/mol. The normalized spacial score (nSPS) is 20.2. The highest BCUT2D eigenvalue weighted by Crippen LogP contribution is 2.24. The van der Waals surface area contributed by atoms with Crippen LogP contribution in [0.5, 0.6) is 0 Å². The highest BCUT2D eigenvalue weighted by Gasteiger charge is 2.35. The second-order valence-electron chi connectivity index (χ2n) is 6.69. The van der Waals surface area contributed by atoms with Crippen molar-refractivity contribution in [2.45, 2.75) is 26.3 Å². The van der Waals surface area contributed by atoms with Gasteiger partial charge in [0.2, 0.25) is 5.91 Å². The van der Waals surface area contributed by atoms with Gasteiger partial charge in [0.1, 0.15) is 5.82 Å². The zero-order valence-electron chi connectivity index (χ0n) is 15.0. The Morgan fingerprint density at radius 3 is 2.93 bits per heavy atom. The van der Waals surface area contributed by atoms with Gasteiger partial charge in [0.15, 0.2) is 5.17 Å². The Kier molecular flexibility index (Phi) is 6.29. The van der Waals surface area contributed by atoms with Crippen molar-refractivity contribution in [2.24, 2.45) is 15.9 Å². The van der Waals surface area contributed by atoms with Crippen LogP contribution in [-0.2, 0) is 9.59 Å². The molecule has 1 aromatic carbocycles. The number of thioether (sulfide) groups is 1. The number of hydrogen-bond acceptors (Lipinski definition) is 5. The highest BCUT2D eigenvalue weighted by molar-refractivity contribution is 8.14. The molecule has 3 rings (SSSR count). The van der Waals surface area contributed by atoms with Gasteiger partial charge in [-0.25, -0.2) is 9.38 Å². The van der Waals surface area contributed by atoms with Gasteiger partial charge in [-0.05, 0) is 38.5 Å². The molecular formula is C18H20ClFN4O2S. The van der Waals surface area contributed by atoms with E-state index in [-0.39, 0.29) is 28.5 Å². The van der Waals surface area contributed by atoms with Crippen LogP contribution in [-0.4, -0.2) is 52.5 Å². The first-order valence-corrected chi connectivity index (χ1v) is 10.0. The smallest absolute Gasteiger partial charge is 0.258 e. The molecule has 1 N–H and O–H groups in total. The van der Waals surface area contributed by atoms with Gasteiger partial charge in [-0.15, -0.1) is 0 Å². The molecule has 0 spiro atoms. The summed E-state index contributed by atoms with van der Waals surface area (Å²) in [6.07, 6.45) is 0.731. The van der Waals surface area contributed by atoms with Gasteiger partial charge >= 0.3 is 0 Å². The van der Waals surface area contributed by atoms with Crippen LogP contribution in [0, 0.1) is 11.7 Å². The molecule has 9 heteroatoms. The van der Waals surface area contributed by atoms with E-state index in [4.69, 9.17) is 11.6 Å². The number of likely N-dealkylation sites (tertiary alicyclic amines) is 1. The quantitative estimate of drug-likeness (QED) is 0.827. The minimum Gasteiger partial charge on any atom is -0.325 e. The first-order valence-electron chi connectivity index (χ1n) is 8.65. The molecule has 144 valence electrons. The van der Waals surface area contributed by atoms with Crippen molar-refractivity contribution in [1.82, 2.24) is 4.90 Å².